The van der Waals surface area contributed by atoms with Crippen molar-refractivity contribution >= 4 is 39.9 Å². The fourth-order valence-electron chi connectivity index (χ4n) is 3.63. The number of nitrogens with one attached hydrogen (secondary N) is 1. The van der Waals surface area contributed by atoms with Gasteiger partial charge in [-0.15, -0.1) is 10.2 Å². The summed E-state index contributed by atoms with van der Waals surface area (Å²) in [5.41, 5.74) is 1.87. The zero-order valence-corrected chi connectivity index (χ0v) is 18.5. The molecule has 1 aromatic heterocycles. The van der Waals surface area contributed by atoms with Gasteiger partial charge in [0.25, 0.3) is 5.91 Å². The summed E-state index contributed by atoms with van der Waals surface area (Å²) in [6.45, 7) is 1.11. The van der Waals surface area contributed by atoms with Gasteiger partial charge in [0, 0.05) is 36.0 Å². The monoisotopic (exact) mass is 454 g/mol. The number of halogens is 1. The Morgan fingerprint density at radius 1 is 1.00 bits per heavy atom. The maximum atomic E-state index is 12.6. The van der Waals surface area contributed by atoms with E-state index < -0.39 is 0 Å². The van der Waals surface area contributed by atoms with Crippen molar-refractivity contribution < 1.29 is 9.59 Å². The SMILES string of the molecule is O=C(Nc1nnc(CCc2ccccc2)s1)C1CCN(C(=O)c2ccc(Cl)cc2)CC1. The van der Waals surface area contributed by atoms with Gasteiger partial charge >= 0.3 is 0 Å². The van der Waals surface area contributed by atoms with Crippen LogP contribution in [0.3, 0.4) is 0 Å². The molecule has 0 spiro atoms. The highest BCUT2D eigenvalue weighted by atomic mass is 35.5. The first-order chi connectivity index (χ1) is 15.1. The highest BCUT2D eigenvalue weighted by molar-refractivity contribution is 7.15. The topological polar surface area (TPSA) is 75.2 Å². The van der Waals surface area contributed by atoms with E-state index in [4.69, 9.17) is 11.6 Å². The fourth-order valence-corrected chi connectivity index (χ4v) is 4.50. The molecule has 2 heterocycles. The molecule has 1 N–H and O–H groups in total. The van der Waals surface area contributed by atoms with Crippen LogP contribution in [-0.2, 0) is 17.6 Å². The van der Waals surface area contributed by atoms with Crippen molar-refractivity contribution in [2.75, 3.05) is 18.4 Å². The first kappa shape index (κ1) is 21.5. The maximum Gasteiger partial charge on any atom is 0.253 e. The van der Waals surface area contributed by atoms with Crippen LogP contribution in [0.15, 0.2) is 54.6 Å². The van der Waals surface area contributed by atoms with Gasteiger partial charge in [0.2, 0.25) is 11.0 Å². The zero-order valence-electron chi connectivity index (χ0n) is 17.0. The Balaban J connectivity index is 1.25. The summed E-state index contributed by atoms with van der Waals surface area (Å²) in [6.07, 6.45) is 2.95. The molecule has 0 bridgehead atoms. The first-order valence-corrected chi connectivity index (χ1v) is 11.5. The maximum absolute atomic E-state index is 12.6. The number of carbonyl (C=O) groups is 2. The van der Waals surface area contributed by atoms with Gasteiger partial charge in [0.1, 0.15) is 5.01 Å². The van der Waals surface area contributed by atoms with Crippen LogP contribution in [0.5, 0.6) is 0 Å². The second kappa shape index (κ2) is 10.0. The molecule has 0 atom stereocenters. The average Bonchev–Trinajstić information content (AvgIpc) is 3.26. The van der Waals surface area contributed by atoms with Gasteiger partial charge in [0.05, 0.1) is 0 Å². The predicted octanol–water partition coefficient (Wildman–Crippen LogP) is 4.47. The molecule has 1 fully saturated rings. The number of benzene rings is 2. The number of aromatic nitrogens is 2. The lowest BCUT2D eigenvalue weighted by molar-refractivity contribution is -0.121. The number of anilines is 1. The van der Waals surface area contributed by atoms with Crippen molar-refractivity contribution in [3.05, 3.63) is 75.8 Å². The predicted molar refractivity (Wildman–Crippen MR) is 122 cm³/mol. The fraction of sp³-hybridized carbons (Fsp3) is 0.304. The Morgan fingerprint density at radius 3 is 2.42 bits per heavy atom. The number of nitrogens with zero attached hydrogens (tertiary/aromatic N) is 3. The van der Waals surface area contributed by atoms with Gasteiger partial charge in [-0.1, -0.05) is 53.3 Å². The van der Waals surface area contributed by atoms with Crippen LogP contribution in [0, 0.1) is 5.92 Å². The minimum Gasteiger partial charge on any atom is -0.339 e. The number of carbonyl (C=O) groups excluding carboxylic acids is 2. The van der Waals surface area contributed by atoms with E-state index in [1.165, 1.54) is 16.9 Å². The lowest BCUT2D eigenvalue weighted by Gasteiger charge is -2.31. The highest BCUT2D eigenvalue weighted by Crippen LogP contribution is 2.23. The molecule has 2 aromatic carbocycles. The average molecular weight is 455 g/mol. The molecule has 1 aliphatic heterocycles. The van der Waals surface area contributed by atoms with E-state index in [1.807, 2.05) is 18.2 Å². The molecule has 160 valence electrons. The second-order valence-electron chi connectivity index (χ2n) is 7.55. The molecule has 2 amide bonds. The van der Waals surface area contributed by atoms with Gasteiger partial charge in [-0.2, -0.15) is 0 Å². The molecule has 1 aliphatic rings. The number of amides is 2. The van der Waals surface area contributed by atoms with Crippen molar-refractivity contribution in [2.24, 2.45) is 5.92 Å². The number of rotatable bonds is 6. The zero-order chi connectivity index (χ0) is 21.6. The summed E-state index contributed by atoms with van der Waals surface area (Å²) in [6, 6.07) is 17.1. The molecular formula is C23H23ClN4O2S. The molecule has 0 aliphatic carbocycles. The molecule has 6 nitrogen and oxygen atoms in total. The number of aryl methyl sites for hydroxylation is 2. The second-order valence-corrected chi connectivity index (χ2v) is 9.05. The van der Waals surface area contributed by atoms with Crippen molar-refractivity contribution in [1.82, 2.24) is 15.1 Å². The van der Waals surface area contributed by atoms with E-state index in [0.717, 1.165) is 17.8 Å². The van der Waals surface area contributed by atoms with Crippen molar-refractivity contribution in [3.63, 3.8) is 0 Å². The molecule has 0 saturated carbocycles. The van der Waals surface area contributed by atoms with Crippen LogP contribution < -0.4 is 5.32 Å². The minimum absolute atomic E-state index is 0.0253. The Morgan fingerprint density at radius 2 is 1.71 bits per heavy atom. The normalized spacial score (nSPS) is 14.4. The smallest absolute Gasteiger partial charge is 0.253 e. The number of hydrogen-bond acceptors (Lipinski definition) is 5. The molecule has 3 aromatic rings. The summed E-state index contributed by atoms with van der Waals surface area (Å²) < 4.78 is 0. The third kappa shape index (κ3) is 5.68. The summed E-state index contributed by atoms with van der Waals surface area (Å²) in [5.74, 6) is -0.210. The highest BCUT2D eigenvalue weighted by Gasteiger charge is 2.28. The summed E-state index contributed by atoms with van der Waals surface area (Å²) in [7, 11) is 0. The van der Waals surface area contributed by atoms with Gasteiger partial charge in [-0.25, -0.2) is 0 Å². The molecule has 0 radical (unpaired) electrons. The van der Waals surface area contributed by atoms with Crippen LogP contribution in [0.2, 0.25) is 5.02 Å². The van der Waals surface area contributed by atoms with Gasteiger partial charge < -0.3 is 10.2 Å². The third-order valence-corrected chi connectivity index (χ3v) is 6.56. The van der Waals surface area contributed by atoms with E-state index in [1.54, 1.807) is 29.2 Å². The molecule has 0 unspecified atom stereocenters. The number of piperidine rings is 1. The third-order valence-electron chi connectivity index (χ3n) is 5.41. The van der Waals surface area contributed by atoms with Crippen LogP contribution in [0.1, 0.15) is 33.8 Å². The van der Waals surface area contributed by atoms with Crippen LogP contribution >= 0.6 is 22.9 Å². The van der Waals surface area contributed by atoms with Gasteiger partial charge in [0.15, 0.2) is 0 Å². The Labute approximate surface area is 190 Å². The summed E-state index contributed by atoms with van der Waals surface area (Å²) >= 11 is 7.31. The largest absolute Gasteiger partial charge is 0.339 e. The quantitative estimate of drug-likeness (QED) is 0.596. The van der Waals surface area contributed by atoms with Crippen LogP contribution in [0.25, 0.3) is 0 Å². The Kier molecular flexibility index (Phi) is 6.94. The Hall–Kier alpha value is -2.77. The molecule has 1 saturated heterocycles. The molecular weight excluding hydrogens is 432 g/mol. The Bertz CT molecular complexity index is 1030. The van der Waals surface area contributed by atoms with Crippen molar-refractivity contribution in [1.29, 1.82) is 0 Å². The minimum atomic E-state index is -0.133. The molecule has 31 heavy (non-hydrogen) atoms. The van der Waals surface area contributed by atoms with Crippen LogP contribution in [0.4, 0.5) is 5.13 Å². The lowest BCUT2D eigenvalue weighted by Crippen LogP contribution is -2.41. The van der Waals surface area contributed by atoms with Crippen LogP contribution in [-0.4, -0.2) is 40.0 Å². The van der Waals surface area contributed by atoms with E-state index in [0.29, 0.717) is 41.6 Å². The summed E-state index contributed by atoms with van der Waals surface area (Å²) in [4.78, 5) is 27.1. The van der Waals surface area contributed by atoms with E-state index in [2.05, 4.69) is 27.6 Å². The summed E-state index contributed by atoms with van der Waals surface area (Å²) in [5, 5.41) is 13.3. The van der Waals surface area contributed by atoms with Crippen molar-refractivity contribution in [3.8, 4) is 0 Å². The van der Waals surface area contributed by atoms with Crippen molar-refractivity contribution in [2.45, 2.75) is 25.7 Å². The first-order valence-electron chi connectivity index (χ1n) is 10.3. The molecule has 4 rings (SSSR count). The number of likely N-dealkylation sites (tertiary alicyclic amines) is 1. The standard InChI is InChI=1S/C23H23ClN4O2S/c24-19-9-7-18(8-10-19)22(30)28-14-12-17(13-15-28)21(29)25-23-27-26-20(31-23)11-6-16-4-2-1-3-5-16/h1-5,7-10,17H,6,11-15H2,(H,25,27,29). The van der Waals surface area contributed by atoms with E-state index in [-0.39, 0.29) is 17.7 Å². The van der Waals surface area contributed by atoms with E-state index >= 15 is 0 Å². The number of hydrogen-bond donors (Lipinski definition) is 1. The van der Waals surface area contributed by atoms with Gasteiger partial charge in [-0.3, -0.25) is 9.59 Å². The van der Waals surface area contributed by atoms with Gasteiger partial charge in [-0.05, 0) is 49.1 Å². The lowest BCUT2D eigenvalue weighted by atomic mass is 9.95. The molecule has 8 heteroatoms. The van der Waals surface area contributed by atoms with E-state index in [9.17, 15) is 9.59 Å².